The lowest BCUT2D eigenvalue weighted by Crippen LogP contribution is -2.37. The van der Waals surface area contributed by atoms with Crippen molar-refractivity contribution in [3.63, 3.8) is 0 Å². The molecule has 0 aliphatic carbocycles. The van der Waals surface area contributed by atoms with Crippen molar-refractivity contribution in [2.75, 3.05) is 29.2 Å². The molecule has 3 heterocycles. The Morgan fingerprint density at radius 3 is 2.57 bits per heavy atom. The molecule has 3 rings (SSSR count). The first kappa shape index (κ1) is 29.2. The summed E-state index contributed by atoms with van der Waals surface area (Å²) in [5.41, 5.74) is 12.1. The zero-order valence-corrected chi connectivity index (χ0v) is 21.1. The molecular formula is C19H32N6O8S2. The number of nitrogens with zero attached hydrogens (tertiary/aromatic N) is 4. The van der Waals surface area contributed by atoms with Crippen molar-refractivity contribution in [1.29, 1.82) is 0 Å². The Morgan fingerprint density at radius 1 is 1.31 bits per heavy atom. The Labute approximate surface area is 205 Å². The minimum atomic E-state index is -3.94. The maximum Gasteiger partial charge on any atom is 0.320 e. The fourth-order valence-corrected chi connectivity index (χ4v) is 5.59. The summed E-state index contributed by atoms with van der Waals surface area (Å²) < 4.78 is 36.9. The number of hydrogen-bond acceptors (Lipinski definition) is 12. The van der Waals surface area contributed by atoms with E-state index >= 15 is 0 Å². The molecule has 16 heteroatoms. The van der Waals surface area contributed by atoms with Crippen molar-refractivity contribution in [1.82, 2.24) is 19.5 Å². The van der Waals surface area contributed by atoms with Crippen LogP contribution in [0.1, 0.15) is 32.4 Å². The Bertz CT molecular complexity index is 1080. The number of carboxylic acids is 1. The van der Waals surface area contributed by atoms with Gasteiger partial charge in [0.05, 0.1) is 22.7 Å². The van der Waals surface area contributed by atoms with Gasteiger partial charge in [0.15, 0.2) is 17.7 Å². The van der Waals surface area contributed by atoms with Crippen LogP contribution in [0.15, 0.2) is 12.7 Å². The molecule has 2 aromatic heterocycles. The number of rotatable bonds is 10. The highest BCUT2D eigenvalue weighted by Gasteiger charge is 2.46. The van der Waals surface area contributed by atoms with Crippen LogP contribution in [0.25, 0.3) is 11.2 Å². The number of aliphatic carboxylic acids is 1. The van der Waals surface area contributed by atoms with Crippen LogP contribution in [-0.2, 0) is 30.5 Å². The molecule has 1 saturated heterocycles. The first-order chi connectivity index (χ1) is 16.4. The summed E-state index contributed by atoms with van der Waals surface area (Å²) in [4.78, 5) is 23.0. The van der Waals surface area contributed by atoms with Crippen molar-refractivity contribution in [3.8, 4) is 0 Å². The third-order valence-corrected chi connectivity index (χ3v) is 7.91. The van der Waals surface area contributed by atoms with Crippen molar-refractivity contribution in [2.45, 2.75) is 56.8 Å². The van der Waals surface area contributed by atoms with Crippen LogP contribution in [-0.4, -0.2) is 102 Å². The number of aromatic nitrogens is 4. The van der Waals surface area contributed by atoms with Crippen molar-refractivity contribution < 1.29 is 37.8 Å². The van der Waals surface area contributed by atoms with Gasteiger partial charge in [0.25, 0.3) is 0 Å². The van der Waals surface area contributed by atoms with Crippen LogP contribution in [0.3, 0.4) is 0 Å². The van der Waals surface area contributed by atoms with Crippen LogP contribution in [0.2, 0.25) is 0 Å². The summed E-state index contributed by atoms with van der Waals surface area (Å²) in [5, 5.41) is 29.7. The molecule has 0 saturated carbocycles. The normalized spacial score (nSPS) is 24.1. The van der Waals surface area contributed by atoms with Gasteiger partial charge in [0.1, 0.15) is 47.7 Å². The number of fused-ring (bicyclic) bond motifs is 1. The number of aliphatic hydroxyl groups excluding tert-OH is 2. The molecule has 1 fully saturated rings. The zero-order chi connectivity index (χ0) is 26.3. The fraction of sp³-hybridized carbons (Fsp3) is 0.684. The van der Waals surface area contributed by atoms with E-state index in [0.717, 1.165) is 6.42 Å². The van der Waals surface area contributed by atoms with Gasteiger partial charge in [-0.05, 0) is 17.3 Å². The van der Waals surface area contributed by atoms with E-state index in [1.54, 1.807) is 0 Å². The molecule has 198 valence electrons. The molecule has 1 aliphatic rings. The molecule has 0 radical (unpaired) electrons. The van der Waals surface area contributed by atoms with Gasteiger partial charge in [-0.15, -0.1) is 0 Å². The predicted octanol–water partition coefficient (Wildman–Crippen LogP) is -1.59. The minimum absolute atomic E-state index is 0.216. The Hall–Kier alpha value is -2.08. The van der Waals surface area contributed by atoms with E-state index in [9.17, 15) is 28.0 Å². The highest BCUT2D eigenvalue weighted by molar-refractivity contribution is 7.96. The van der Waals surface area contributed by atoms with E-state index in [4.69, 9.17) is 21.3 Å². The number of ether oxygens (including phenoxy) is 1. The quantitative estimate of drug-likeness (QED) is 0.170. The lowest BCUT2D eigenvalue weighted by molar-refractivity contribution is -0.138. The summed E-state index contributed by atoms with van der Waals surface area (Å²) in [7, 11) is -4.17. The lowest BCUT2D eigenvalue weighted by atomic mass is 10.1. The van der Waals surface area contributed by atoms with Crippen LogP contribution in [0, 0.1) is 0 Å². The molecule has 7 N–H and O–H groups in total. The van der Waals surface area contributed by atoms with Crippen LogP contribution in [0.4, 0.5) is 5.82 Å². The SMILES string of the molecule is CCCCS(=O)(=O)[O-].C[S+](CC[C@H](N)C(=O)O)C[C@H]1O[C@@H](n2cnc3c(N)ncnc32)[C@H](O)[C@@H]1O. The smallest absolute Gasteiger partial charge is 0.320 e. The highest BCUT2D eigenvalue weighted by atomic mass is 32.2. The van der Waals surface area contributed by atoms with Crippen molar-refractivity contribution in [3.05, 3.63) is 12.7 Å². The monoisotopic (exact) mass is 536 g/mol. The number of nitrogen functional groups attached to an aromatic ring is 1. The van der Waals surface area contributed by atoms with Crippen LogP contribution < -0.4 is 11.5 Å². The average molecular weight is 537 g/mol. The minimum Gasteiger partial charge on any atom is -0.748 e. The second kappa shape index (κ2) is 12.8. The Kier molecular flexibility index (Phi) is 10.6. The van der Waals surface area contributed by atoms with E-state index in [-0.39, 0.29) is 22.5 Å². The van der Waals surface area contributed by atoms with Gasteiger partial charge in [-0.3, -0.25) is 9.36 Å². The van der Waals surface area contributed by atoms with Gasteiger partial charge in [-0.2, -0.15) is 0 Å². The number of unbranched alkanes of at least 4 members (excludes halogenated alkanes) is 1. The molecule has 35 heavy (non-hydrogen) atoms. The van der Waals surface area contributed by atoms with Gasteiger partial charge >= 0.3 is 5.97 Å². The maximum atomic E-state index is 10.8. The largest absolute Gasteiger partial charge is 0.748 e. The molecule has 6 atom stereocenters. The summed E-state index contributed by atoms with van der Waals surface area (Å²) in [5.74, 6) is 0.0356. The molecule has 1 unspecified atom stereocenters. The topological polar surface area (TPSA) is 240 Å². The van der Waals surface area contributed by atoms with Gasteiger partial charge in [-0.25, -0.2) is 23.4 Å². The van der Waals surface area contributed by atoms with Crippen LogP contribution in [0.5, 0.6) is 0 Å². The second-order valence-corrected chi connectivity index (χ2v) is 12.0. The average Bonchev–Trinajstić information content (AvgIpc) is 3.33. The lowest BCUT2D eigenvalue weighted by Gasteiger charge is -2.16. The first-order valence-corrected chi connectivity index (χ1v) is 14.4. The zero-order valence-electron chi connectivity index (χ0n) is 19.4. The number of aliphatic hydroxyl groups is 2. The van der Waals surface area contributed by atoms with Crippen molar-refractivity contribution >= 4 is 44.0 Å². The number of nitrogens with two attached hydrogens (primary N) is 2. The first-order valence-electron chi connectivity index (χ1n) is 10.8. The van der Waals surface area contributed by atoms with Gasteiger partial charge in [0, 0.05) is 12.2 Å². The van der Waals surface area contributed by atoms with E-state index in [1.165, 1.54) is 17.2 Å². The summed E-state index contributed by atoms with van der Waals surface area (Å²) in [6.45, 7) is 1.84. The molecule has 2 aromatic rings. The fourth-order valence-electron chi connectivity index (χ4n) is 3.29. The third-order valence-electron chi connectivity index (χ3n) is 5.29. The molecule has 0 spiro atoms. The number of carbonyl (C=O) groups is 1. The van der Waals surface area contributed by atoms with E-state index < -0.39 is 46.7 Å². The number of hydrogen-bond donors (Lipinski definition) is 5. The Morgan fingerprint density at radius 2 is 2.00 bits per heavy atom. The summed E-state index contributed by atoms with van der Waals surface area (Å²) in [6.07, 6.45) is 2.54. The van der Waals surface area contributed by atoms with E-state index in [0.29, 0.717) is 35.5 Å². The third kappa shape index (κ3) is 8.23. The summed E-state index contributed by atoms with van der Waals surface area (Å²) >= 11 is 0. The van der Waals surface area contributed by atoms with Crippen LogP contribution >= 0.6 is 0 Å². The number of carboxylic acid groups (broad SMARTS) is 1. The van der Waals surface area contributed by atoms with Gasteiger partial charge in [-0.1, -0.05) is 13.3 Å². The van der Waals surface area contributed by atoms with Crippen molar-refractivity contribution in [2.24, 2.45) is 5.73 Å². The van der Waals surface area contributed by atoms with E-state index in [1.807, 2.05) is 13.2 Å². The molecule has 0 aromatic carbocycles. The molecule has 0 bridgehead atoms. The highest BCUT2D eigenvalue weighted by Crippen LogP contribution is 2.32. The number of imidazole rings is 1. The predicted molar refractivity (Wildman–Crippen MR) is 128 cm³/mol. The molecule has 0 amide bonds. The molecular weight excluding hydrogens is 504 g/mol. The summed E-state index contributed by atoms with van der Waals surface area (Å²) in [6, 6.07) is -0.907. The van der Waals surface area contributed by atoms with E-state index in [2.05, 4.69) is 15.0 Å². The number of anilines is 1. The molecule has 1 aliphatic heterocycles. The Balaban J connectivity index is 0.000000466. The van der Waals surface area contributed by atoms with Gasteiger partial charge in [0.2, 0.25) is 0 Å². The maximum absolute atomic E-state index is 10.8. The van der Waals surface area contributed by atoms with Gasteiger partial charge < -0.3 is 36.1 Å². The molecule has 14 nitrogen and oxygen atoms in total. The second-order valence-electron chi connectivity index (χ2n) is 8.13. The standard InChI is InChI=1S/C15H22N6O5S.C4H10O3S/c1-27(3-2-7(16)15(24)25)4-8-10(22)11(23)14(26-8)21-6-20-9-12(17)18-5-19-13(9)21;1-2-3-4-8(5,6)7/h5-8,10-11,14,22-23H,2-4,16H2,1H3,(H2-,17,18,19,24,25);2-4H2,1H3,(H,5,6,7)/t7-,8+,10+,11+,14+,27?;/m0./s1.